The third kappa shape index (κ3) is 59.4. The summed E-state index contributed by atoms with van der Waals surface area (Å²) in [5.41, 5.74) is 10.9. The summed E-state index contributed by atoms with van der Waals surface area (Å²) >= 11 is 0. The minimum Gasteiger partial charge on any atom is -0.382 e. The fourth-order valence-corrected chi connectivity index (χ4v) is 1.11. The zero-order chi connectivity index (χ0) is 15.1. The molecule has 4 N–H and O–H groups in total. The number of nitrogens with two attached hydrogens (primary N) is 2. The van der Waals surface area contributed by atoms with Gasteiger partial charge in [0.15, 0.2) is 0 Å². The molecule has 166 valence electrons. The van der Waals surface area contributed by atoms with Crippen LogP contribution in [0, 0.1) is 0 Å². The van der Waals surface area contributed by atoms with Crippen LogP contribution in [0.25, 0.3) is 0 Å². The quantitative estimate of drug-likeness (QED) is 0.504. The van der Waals surface area contributed by atoms with E-state index in [4.69, 9.17) is 25.7 Å². The molecule has 0 radical (unpaired) electrons. The van der Waals surface area contributed by atoms with Gasteiger partial charge in [-0.05, 0) is 27.2 Å². The second-order valence-corrected chi connectivity index (χ2v) is 4.98. The Morgan fingerprint density at radius 1 is 0.760 bits per heavy atom. The van der Waals surface area contributed by atoms with Crippen LogP contribution < -0.4 is 11.5 Å². The number of methoxy groups -OCH3 is 1. The molecule has 0 saturated carbocycles. The Labute approximate surface area is 163 Å². The maximum atomic E-state index is 5.47. The van der Waals surface area contributed by atoms with Gasteiger partial charge in [-0.3, -0.25) is 0 Å². The maximum absolute atomic E-state index is 5.47. The van der Waals surface area contributed by atoms with Crippen LogP contribution in [0.3, 0.4) is 0 Å². The van der Waals surface area contributed by atoms with Crippen molar-refractivity contribution in [2.24, 2.45) is 11.5 Å². The fraction of sp³-hybridized carbons (Fsp3) is 1.00. The first-order chi connectivity index (χ1) is 8.93. The van der Waals surface area contributed by atoms with Gasteiger partial charge in [-0.15, -0.1) is 0 Å². The van der Waals surface area contributed by atoms with Crippen LogP contribution in [0.2, 0.25) is 0 Å². The normalized spacial score (nSPS) is 11.6. The van der Waals surface area contributed by atoms with Crippen molar-refractivity contribution in [2.45, 2.75) is 103 Å². The van der Waals surface area contributed by atoms with Crippen LogP contribution in [0.15, 0.2) is 0 Å². The highest BCUT2D eigenvalue weighted by Gasteiger charge is 2.01. The molecule has 0 aromatic rings. The molecule has 0 fully saturated rings. The zero-order valence-corrected chi connectivity index (χ0v) is 13.4. The predicted octanol–water partition coefficient (Wildman–Crippen LogP) is 5.35. The first-order valence-corrected chi connectivity index (χ1v) is 7.13. The van der Waals surface area contributed by atoms with Crippen molar-refractivity contribution in [2.75, 3.05) is 33.5 Å². The Kier molecular flexibility index (Phi) is 77.7. The van der Waals surface area contributed by atoms with Gasteiger partial charge in [0.25, 0.3) is 0 Å². The summed E-state index contributed by atoms with van der Waals surface area (Å²) in [6, 6.07) is 0.293. The number of ether oxygens (including phenoxy) is 3. The lowest BCUT2D eigenvalue weighted by atomic mass is 10.3. The van der Waals surface area contributed by atoms with Gasteiger partial charge in [-0.1, -0.05) is 57.9 Å². The largest absolute Gasteiger partial charge is 0.382 e. The molecule has 0 aromatic carbocycles. The van der Waals surface area contributed by atoms with E-state index < -0.39 is 0 Å². The van der Waals surface area contributed by atoms with Gasteiger partial charge in [0, 0.05) is 25.8 Å². The van der Waals surface area contributed by atoms with Gasteiger partial charge in [0.2, 0.25) is 0 Å². The van der Waals surface area contributed by atoms with Gasteiger partial charge in [-0.25, -0.2) is 0 Å². The van der Waals surface area contributed by atoms with E-state index in [1.54, 1.807) is 7.11 Å². The van der Waals surface area contributed by atoms with Crippen LogP contribution in [0.1, 0.15) is 85.1 Å². The van der Waals surface area contributed by atoms with E-state index in [-0.39, 0.29) is 62.7 Å². The van der Waals surface area contributed by atoms with Gasteiger partial charge in [-0.2, -0.15) is 0 Å². The molecule has 0 bridgehead atoms. The van der Waals surface area contributed by atoms with E-state index in [9.17, 15) is 0 Å². The zero-order valence-electron chi connectivity index (χ0n) is 13.4. The van der Waals surface area contributed by atoms with Crippen LogP contribution >= 0.6 is 0 Å². The van der Waals surface area contributed by atoms with E-state index in [0.717, 1.165) is 13.0 Å². The fourth-order valence-electron chi connectivity index (χ4n) is 1.11. The molecular formula is C20H58N2O3. The molecular weight excluding hydrogens is 316 g/mol. The van der Waals surface area contributed by atoms with E-state index in [1.165, 1.54) is 6.42 Å². The Morgan fingerprint density at radius 2 is 1.20 bits per heavy atom. The van der Waals surface area contributed by atoms with Gasteiger partial charge >= 0.3 is 0 Å². The van der Waals surface area contributed by atoms with E-state index in [1.807, 2.05) is 20.8 Å². The second kappa shape index (κ2) is 39.0. The molecule has 0 aliphatic rings. The first kappa shape index (κ1) is 49.8. The van der Waals surface area contributed by atoms with Gasteiger partial charge < -0.3 is 25.7 Å². The summed E-state index contributed by atoms with van der Waals surface area (Å²) in [5.74, 6) is 0. The third-order valence-corrected chi connectivity index (χ3v) is 2.07. The molecule has 0 amide bonds. The van der Waals surface area contributed by atoms with Crippen molar-refractivity contribution in [3.05, 3.63) is 0 Å². The van der Waals surface area contributed by atoms with Crippen molar-refractivity contribution in [1.29, 1.82) is 0 Å². The van der Waals surface area contributed by atoms with Gasteiger partial charge in [0.05, 0.1) is 25.9 Å². The molecule has 3 unspecified atom stereocenters. The molecule has 0 aliphatic carbocycles. The first-order valence-electron chi connectivity index (χ1n) is 7.13. The average molecular weight is 375 g/mol. The van der Waals surface area contributed by atoms with Crippen molar-refractivity contribution < 1.29 is 14.2 Å². The van der Waals surface area contributed by atoms with Crippen LogP contribution in [-0.4, -0.2) is 51.7 Å². The molecule has 0 heterocycles. The highest BCUT2D eigenvalue weighted by atomic mass is 16.5. The average Bonchev–Trinajstić information content (AvgIpc) is 2.33. The minimum atomic E-state index is 0. The SMILES string of the molecule is C.C.C.C.C.C.CCCCOCC(C)N.COCC(C)OCC(C)N. The lowest BCUT2D eigenvalue weighted by Gasteiger charge is -2.13. The molecule has 5 heteroatoms. The smallest absolute Gasteiger partial charge is 0.0781 e. The molecule has 25 heavy (non-hydrogen) atoms. The second-order valence-electron chi connectivity index (χ2n) is 4.98. The van der Waals surface area contributed by atoms with Gasteiger partial charge in [0.1, 0.15) is 0 Å². The number of rotatable bonds is 10. The molecule has 0 aromatic heterocycles. The summed E-state index contributed by atoms with van der Waals surface area (Å²) < 4.78 is 15.4. The lowest BCUT2D eigenvalue weighted by molar-refractivity contribution is 0.00509. The molecule has 0 rings (SSSR count). The molecule has 5 nitrogen and oxygen atoms in total. The van der Waals surface area contributed by atoms with Crippen molar-refractivity contribution in [3.63, 3.8) is 0 Å². The number of unbranched alkanes of at least 4 members (excludes halogenated alkanes) is 1. The van der Waals surface area contributed by atoms with Crippen LogP contribution in [-0.2, 0) is 14.2 Å². The highest BCUT2D eigenvalue weighted by Crippen LogP contribution is 1.91. The van der Waals surface area contributed by atoms with Crippen LogP contribution in [0.5, 0.6) is 0 Å². The van der Waals surface area contributed by atoms with Crippen molar-refractivity contribution in [1.82, 2.24) is 0 Å². The Balaban J connectivity index is -0.0000000312. The Morgan fingerprint density at radius 3 is 1.52 bits per heavy atom. The third-order valence-electron chi connectivity index (χ3n) is 2.07. The van der Waals surface area contributed by atoms with E-state index >= 15 is 0 Å². The standard InChI is InChI=1S/C7H17NO2.C7H17NO.6CH4/c1-6(8)4-10-7(2)5-9-3;1-3-4-5-9-6-7(2)8;;;;;;/h6-7H,4-5,8H2,1-3H3;7H,3-6,8H2,1-2H3;6*1H4. The van der Waals surface area contributed by atoms with Crippen molar-refractivity contribution >= 4 is 0 Å². The minimum absolute atomic E-state index is 0. The summed E-state index contributed by atoms with van der Waals surface area (Å²) in [6.45, 7) is 10.8. The topological polar surface area (TPSA) is 79.7 Å². The maximum Gasteiger partial charge on any atom is 0.0781 e. The van der Waals surface area contributed by atoms with Crippen LogP contribution in [0.4, 0.5) is 0 Å². The molecule has 0 spiro atoms. The molecule has 3 atom stereocenters. The summed E-state index contributed by atoms with van der Waals surface area (Å²) in [6.07, 6.45) is 2.49. The highest BCUT2D eigenvalue weighted by molar-refractivity contribution is 4.52. The number of hydrogen-bond acceptors (Lipinski definition) is 5. The molecule has 0 saturated heterocycles. The summed E-state index contributed by atoms with van der Waals surface area (Å²) in [4.78, 5) is 0. The number of hydrogen-bond donors (Lipinski definition) is 2. The monoisotopic (exact) mass is 374 g/mol. The van der Waals surface area contributed by atoms with E-state index in [0.29, 0.717) is 19.8 Å². The lowest BCUT2D eigenvalue weighted by Crippen LogP contribution is -2.26. The van der Waals surface area contributed by atoms with Crippen molar-refractivity contribution in [3.8, 4) is 0 Å². The summed E-state index contributed by atoms with van der Waals surface area (Å²) in [5, 5.41) is 0. The Hall–Kier alpha value is -0.200. The predicted molar refractivity (Wildman–Crippen MR) is 121 cm³/mol. The Bertz CT molecular complexity index is 169. The van der Waals surface area contributed by atoms with E-state index in [2.05, 4.69) is 6.92 Å². The molecule has 0 aliphatic heterocycles. The summed E-state index contributed by atoms with van der Waals surface area (Å²) in [7, 11) is 1.66.